The Morgan fingerprint density at radius 2 is 1.69 bits per heavy atom. The molecule has 1 fully saturated rings. The van der Waals surface area contributed by atoms with Crippen LogP contribution in [0.5, 0.6) is 0 Å². The van der Waals surface area contributed by atoms with Crippen LogP contribution in [0.2, 0.25) is 0 Å². The van der Waals surface area contributed by atoms with Crippen molar-refractivity contribution in [2.45, 2.75) is 57.0 Å². The number of nitrogens with two attached hydrogens (primary N) is 1. The Morgan fingerprint density at radius 1 is 0.974 bits per heavy atom. The number of imidazole rings is 1. The van der Waals surface area contributed by atoms with E-state index in [1.54, 1.807) is 0 Å². The maximum absolute atomic E-state index is 13.4. The van der Waals surface area contributed by atoms with Crippen LogP contribution in [0.25, 0.3) is 11.0 Å². The van der Waals surface area contributed by atoms with Crippen LogP contribution in [-0.2, 0) is 22.6 Å². The average molecular weight is 525 g/mol. The summed E-state index contributed by atoms with van der Waals surface area (Å²) >= 11 is 0. The Kier molecular flexibility index (Phi) is 8.37. The number of amides is 2. The molecule has 1 aromatic heterocycles. The highest BCUT2D eigenvalue weighted by molar-refractivity contribution is 5.89. The minimum atomic E-state index is -0.839. The molecule has 2 amide bonds. The topological polar surface area (TPSA) is 110 Å². The second-order valence-corrected chi connectivity index (χ2v) is 10.4. The SMILES string of the molecule is NC(=O)C(NC(=O)C1CCCCC1c1ccc(Cn2c(CCCO)nc3ccccc32)cc1)c1ccccc1. The summed E-state index contributed by atoms with van der Waals surface area (Å²) < 4.78 is 2.23. The normalized spacial score (nSPS) is 18.1. The van der Waals surface area contributed by atoms with Crippen LogP contribution >= 0.6 is 0 Å². The molecule has 0 radical (unpaired) electrons. The van der Waals surface area contributed by atoms with E-state index < -0.39 is 11.9 Å². The molecule has 4 N–H and O–H groups in total. The van der Waals surface area contributed by atoms with E-state index in [4.69, 9.17) is 10.7 Å². The Labute approximate surface area is 229 Å². The number of fused-ring (bicyclic) bond motifs is 1. The predicted octanol–water partition coefficient (Wildman–Crippen LogP) is 4.63. The summed E-state index contributed by atoms with van der Waals surface area (Å²) in [4.78, 5) is 30.4. The number of nitrogens with zero attached hydrogens (tertiary/aromatic N) is 2. The molecular weight excluding hydrogens is 488 g/mol. The molecule has 0 aliphatic heterocycles. The fourth-order valence-electron chi connectivity index (χ4n) is 5.84. The molecular formula is C32H36N4O3. The summed E-state index contributed by atoms with van der Waals surface area (Å²) in [5.41, 5.74) is 10.7. The number of aromatic nitrogens is 2. The van der Waals surface area contributed by atoms with E-state index in [0.29, 0.717) is 18.5 Å². The minimum absolute atomic E-state index is 0.0892. The predicted molar refractivity (Wildman–Crippen MR) is 152 cm³/mol. The maximum atomic E-state index is 13.4. The summed E-state index contributed by atoms with van der Waals surface area (Å²) in [6.07, 6.45) is 5.17. The Balaban J connectivity index is 1.33. The smallest absolute Gasteiger partial charge is 0.244 e. The van der Waals surface area contributed by atoms with Crippen molar-refractivity contribution in [3.63, 3.8) is 0 Å². The molecule has 3 atom stereocenters. The molecule has 1 aliphatic rings. The standard InChI is InChI=1S/C32H36N4O3/c33-31(38)30(24-9-2-1-3-10-24)35-32(39)26-12-5-4-11-25(26)23-18-16-22(17-19-23)21-36-28-14-7-6-13-27(28)34-29(36)15-8-20-37/h1-3,6-7,9-10,13-14,16-19,25-26,30,37H,4-5,8,11-12,15,20-21H2,(H2,33,38)(H,35,39). The van der Waals surface area contributed by atoms with Crippen LogP contribution in [0.1, 0.15) is 66.6 Å². The first kappa shape index (κ1) is 26.6. The minimum Gasteiger partial charge on any atom is -0.396 e. The van der Waals surface area contributed by atoms with Gasteiger partial charge in [0.25, 0.3) is 0 Å². The fraction of sp³-hybridized carbons (Fsp3) is 0.344. The Bertz CT molecular complexity index is 1410. The molecule has 1 aliphatic carbocycles. The van der Waals surface area contributed by atoms with Gasteiger partial charge in [0.05, 0.1) is 11.0 Å². The fourth-order valence-corrected chi connectivity index (χ4v) is 5.84. The molecule has 7 heteroatoms. The van der Waals surface area contributed by atoms with Gasteiger partial charge in [0.15, 0.2) is 0 Å². The van der Waals surface area contributed by atoms with E-state index in [1.165, 1.54) is 0 Å². The number of hydrogen-bond acceptors (Lipinski definition) is 4. The maximum Gasteiger partial charge on any atom is 0.244 e. The van der Waals surface area contributed by atoms with E-state index >= 15 is 0 Å². The first-order chi connectivity index (χ1) is 19.0. The largest absolute Gasteiger partial charge is 0.396 e. The lowest BCUT2D eigenvalue weighted by molar-refractivity contribution is -0.131. The molecule has 7 nitrogen and oxygen atoms in total. The van der Waals surface area contributed by atoms with Gasteiger partial charge >= 0.3 is 0 Å². The van der Waals surface area contributed by atoms with Gasteiger partial charge in [0.1, 0.15) is 11.9 Å². The van der Waals surface area contributed by atoms with Crippen LogP contribution < -0.4 is 11.1 Å². The molecule has 202 valence electrons. The lowest BCUT2D eigenvalue weighted by atomic mass is 9.74. The molecule has 0 saturated heterocycles. The third-order valence-corrected chi connectivity index (χ3v) is 7.85. The highest BCUT2D eigenvalue weighted by atomic mass is 16.3. The van der Waals surface area contributed by atoms with Gasteiger partial charge in [0.2, 0.25) is 11.8 Å². The molecule has 0 spiro atoms. The van der Waals surface area contributed by atoms with Crippen molar-refractivity contribution in [1.29, 1.82) is 0 Å². The molecule has 3 aromatic carbocycles. The van der Waals surface area contributed by atoms with Crippen LogP contribution in [0, 0.1) is 5.92 Å². The van der Waals surface area contributed by atoms with Crippen molar-refractivity contribution in [2.24, 2.45) is 11.7 Å². The number of nitrogens with one attached hydrogen (secondary N) is 1. The second kappa shape index (κ2) is 12.3. The van der Waals surface area contributed by atoms with Gasteiger partial charge < -0.3 is 20.7 Å². The third kappa shape index (κ3) is 6.04. The van der Waals surface area contributed by atoms with Crippen molar-refractivity contribution in [1.82, 2.24) is 14.9 Å². The number of benzene rings is 3. The molecule has 1 saturated carbocycles. The second-order valence-electron chi connectivity index (χ2n) is 10.4. The number of aliphatic hydroxyl groups is 1. The van der Waals surface area contributed by atoms with Crippen LogP contribution in [0.15, 0.2) is 78.9 Å². The highest BCUT2D eigenvalue weighted by Gasteiger charge is 2.34. The van der Waals surface area contributed by atoms with E-state index in [2.05, 4.69) is 40.2 Å². The van der Waals surface area contributed by atoms with Crippen molar-refractivity contribution in [2.75, 3.05) is 6.61 Å². The van der Waals surface area contributed by atoms with Crippen LogP contribution in [0.4, 0.5) is 0 Å². The van der Waals surface area contributed by atoms with Crippen molar-refractivity contribution < 1.29 is 14.7 Å². The van der Waals surface area contributed by atoms with E-state index in [9.17, 15) is 14.7 Å². The van der Waals surface area contributed by atoms with Crippen LogP contribution in [0.3, 0.4) is 0 Å². The first-order valence-corrected chi connectivity index (χ1v) is 13.8. The van der Waals surface area contributed by atoms with Gasteiger partial charge in [-0.05, 0) is 54.0 Å². The van der Waals surface area contributed by atoms with E-state index in [-0.39, 0.29) is 24.3 Å². The Morgan fingerprint density at radius 3 is 2.44 bits per heavy atom. The van der Waals surface area contributed by atoms with Gasteiger partial charge in [-0.2, -0.15) is 0 Å². The number of carbonyl (C=O) groups is 2. The summed E-state index contributed by atoms with van der Waals surface area (Å²) in [6, 6.07) is 25.0. The molecule has 39 heavy (non-hydrogen) atoms. The zero-order chi connectivity index (χ0) is 27.2. The number of para-hydroxylation sites is 2. The monoisotopic (exact) mass is 524 g/mol. The lowest BCUT2D eigenvalue weighted by Gasteiger charge is -2.32. The number of aryl methyl sites for hydroxylation is 1. The van der Waals surface area contributed by atoms with Gasteiger partial charge in [-0.1, -0.05) is 79.6 Å². The zero-order valence-electron chi connectivity index (χ0n) is 22.1. The zero-order valence-corrected chi connectivity index (χ0v) is 22.1. The van der Waals surface area contributed by atoms with Crippen molar-refractivity contribution in [3.8, 4) is 0 Å². The summed E-state index contributed by atoms with van der Waals surface area (Å²) in [5, 5.41) is 12.3. The first-order valence-electron chi connectivity index (χ1n) is 13.8. The van der Waals surface area contributed by atoms with Crippen LogP contribution in [-0.4, -0.2) is 33.1 Å². The average Bonchev–Trinajstić information content (AvgIpc) is 3.32. The van der Waals surface area contributed by atoms with Crippen molar-refractivity contribution >= 4 is 22.8 Å². The van der Waals surface area contributed by atoms with Gasteiger partial charge in [0, 0.05) is 25.5 Å². The summed E-state index contributed by atoms with van der Waals surface area (Å²) in [5.74, 6) is 0.177. The van der Waals surface area contributed by atoms with E-state index in [0.717, 1.165) is 60.1 Å². The third-order valence-electron chi connectivity index (χ3n) is 7.85. The summed E-state index contributed by atoms with van der Waals surface area (Å²) in [7, 11) is 0. The molecule has 5 rings (SSSR count). The number of hydrogen-bond donors (Lipinski definition) is 3. The number of aliphatic hydroxyl groups excluding tert-OH is 1. The number of rotatable bonds is 10. The van der Waals surface area contributed by atoms with E-state index in [1.807, 2.05) is 48.5 Å². The molecule has 3 unspecified atom stereocenters. The van der Waals surface area contributed by atoms with Gasteiger partial charge in [-0.15, -0.1) is 0 Å². The molecule has 0 bridgehead atoms. The van der Waals surface area contributed by atoms with Gasteiger partial charge in [-0.25, -0.2) is 4.98 Å². The Hall–Kier alpha value is -3.97. The highest BCUT2D eigenvalue weighted by Crippen LogP contribution is 2.38. The molecule has 4 aromatic rings. The quantitative estimate of drug-likeness (QED) is 0.281. The van der Waals surface area contributed by atoms with Crippen molar-refractivity contribution in [3.05, 3.63) is 101 Å². The summed E-state index contributed by atoms with van der Waals surface area (Å²) in [6.45, 7) is 0.826. The number of carbonyl (C=O) groups excluding carboxylic acids is 2. The number of primary amides is 1. The van der Waals surface area contributed by atoms with Gasteiger partial charge in [-0.3, -0.25) is 9.59 Å². The lowest BCUT2D eigenvalue weighted by Crippen LogP contribution is -2.42. The molecule has 1 heterocycles.